The van der Waals surface area contributed by atoms with E-state index in [-0.39, 0.29) is 18.8 Å². The number of imidazole rings is 1. The number of ether oxygens (including phenoxy) is 1. The van der Waals surface area contributed by atoms with Crippen molar-refractivity contribution < 1.29 is 32.7 Å². The van der Waals surface area contributed by atoms with Gasteiger partial charge in [0, 0.05) is 6.42 Å². The van der Waals surface area contributed by atoms with Gasteiger partial charge in [-0.2, -0.15) is 0 Å². The van der Waals surface area contributed by atoms with Crippen LogP contribution in [-0.4, -0.2) is 59.4 Å². The van der Waals surface area contributed by atoms with Crippen LogP contribution in [0.25, 0.3) is 11.2 Å². The van der Waals surface area contributed by atoms with E-state index in [1.165, 1.54) is 12.7 Å². The standard InChI is InChI=1S/C16H27N5O7P2/c1-9(2)29(22,23)26-6-12-11(28-30(24,25)10(3)4)5-13(27-12)21-8-20-14-15(17)18-7-19-16(14)21/h7-13H,5-6H2,1-4H3,(H,22,23)(H,24,25)(H2,17,18,19)/t11-,12+,13+/m0/s1. The molecule has 5 atom stereocenters. The van der Waals surface area contributed by atoms with Crippen LogP contribution < -0.4 is 5.73 Å². The number of aromatic nitrogens is 4. The number of nitrogens with zero attached hydrogens (tertiary/aromatic N) is 4. The van der Waals surface area contributed by atoms with E-state index in [9.17, 15) is 18.9 Å². The second-order valence-electron chi connectivity index (χ2n) is 7.70. The molecule has 3 rings (SSSR count). The van der Waals surface area contributed by atoms with Gasteiger partial charge in [0.2, 0.25) is 0 Å². The molecule has 30 heavy (non-hydrogen) atoms. The third-order valence-electron chi connectivity index (χ3n) is 4.89. The fraction of sp³-hybridized carbons (Fsp3) is 0.688. The van der Waals surface area contributed by atoms with Gasteiger partial charge in [0.05, 0.1) is 30.4 Å². The van der Waals surface area contributed by atoms with E-state index in [1.54, 1.807) is 32.3 Å². The van der Waals surface area contributed by atoms with Crippen LogP contribution in [0.2, 0.25) is 0 Å². The number of nitrogens with two attached hydrogens (primary N) is 1. The summed E-state index contributed by atoms with van der Waals surface area (Å²) in [6, 6.07) is 0. The molecule has 2 aromatic heterocycles. The summed E-state index contributed by atoms with van der Waals surface area (Å²) in [6.07, 6.45) is 0.587. The van der Waals surface area contributed by atoms with Crippen molar-refractivity contribution in [3.63, 3.8) is 0 Å². The Hall–Kier alpha value is -1.39. The number of hydrogen-bond acceptors (Lipinski definition) is 9. The predicted molar refractivity (Wildman–Crippen MR) is 109 cm³/mol. The smallest absolute Gasteiger partial charge is 0.330 e. The van der Waals surface area contributed by atoms with Crippen molar-refractivity contribution in [1.82, 2.24) is 19.5 Å². The molecular formula is C16H27N5O7P2. The van der Waals surface area contributed by atoms with Crippen LogP contribution >= 0.6 is 15.2 Å². The lowest BCUT2D eigenvalue weighted by Crippen LogP contribution is -2.29. The Bertz CT molecular complexity index is 998. The third kappa shape index (κ3) is 4.75. The highest BCUT2D eigenvalue weighted by molar-refractivity contribution is 7.53. The van der Waals surface area contributed by atoms with E-state index in [0.29, 0.717) is 11.2 Å². The zero-order valence-corrected chi connectivity index (χ0v) is 18.9. The minimum absolute atomic E-state index is 0.179. The summed E-state index contributed by atoms with van der Waals surface area (Å²) in [6.45, 7) is 5.99. The Morgan fingerprint density at radius 1 is 1.20 bits per heavy atom. The first kappa shape index (κ1) is 23.3. The molecule has 0 radical (unpaired) electrons. The summed E-state index contributed by atoms with van der Waals surface area (Å²) >= 11 is 0. The number of rotatable bonds is 8. The van der Waals surface area contributed by atoms with Gasteiger partial charge in [0.25, 0.3) is 0 Å². The van der Waals surface area contributed by atoms with E-state index < -0.39 is 44.9 Å². The zero-order chi connectivity index (χ0) is 22.3. The molecule has 168 valence electrons. The van der Waals surface area contributed by atoms with Crippen molar-refractivity contribution in [2.24, 2.45) is 0 Å². The van der Waals surface area contributed by atoms with Crippen molar-refractivity contribution in [3.8, 4) is 0 Å². The molecular weight excluding hydrogens is 436 g/mol. The topological polar surface area (TPSA) is 172 Å². The van der Waals surface area contributed by atoms with E-state index >= 15 is 0 Å². The lowest BCUT2D eigenvalue weighted by molar-refractivity contribution is -0.0372. The van der Waals surface area contributed by atoms with Crippen LogP contribution in [0.4, 0.5) is 5.82 Å². The SMILES string of the molecule is CC(C)P(=O)(O)OC[C@H]1O[C@@H](n2cnc3c(N)ncnc32)C[C@@H]1OP(=O)(O)C(C)C. The molecule has 0 aromatic carbocycles. The van der Waals surface area contributed by atoms with Gasteiger partial charge in [-0.25, -0.2) is 15.0 Å². The van der Waals surface area contributed by atoms with Crippen LogP contribution in [0.15, 0.2) is 12.7 Å². The maximum Gasteiger partial charge on any atom is 0.330 e. The van der Waals surface area contributed by atoms with Crippen LogP contribution in [0, 0.1) is 0 Å². The maximum atomic E-state index is 12.5. The van der Waals surface area contributed by atoms with Crippen molar-refractivity contribution >= 4 is 32.2 Å². The van der Waals surface area contributed by atoms with Crippen molar-refractivity contribution in [3.05, 3.63) is 12.7 Å². The lowest BCUT2D eigenvalue weighted by Gasteiger charge is -2.24. The van der Waals surface area contributed by atoms with E-state index in [1.807, 2.05) is 0 Å². The molecule has 0 saturated carbocycles. The molecule has 4 N–H and O–H groups in total. The van der Waals surface area contributed by atoms with E-state index in [4.69, 9.17) is 19.5 Å². The quantitative estimate of drug-likeness (QED) is 0.490. The number of nitrogen functional groups attached to an aromatic ring is 1. The van der Waals surface area contributed by atoms with Crippen molar-refractivity contribution in [2.75, 3.05) is 12.3 Å². The van der Waals surface area contributed by atoms with Gasteiger partial charge in [-0.1, -0.05) is 27.7 Å². The largest absolute Gasteiger partial charge is 0.382 e. The summed E-state index contributed by atoms with van der Waals surface area (Å²) in [4.78, 5) is 32.4. The van der Waals surface area contributed by atoms with Crippen molar-refractivity contribution in [1.29, 1.82) is 0 Å². The highest BCUT2D eigenvalue weighted by Gasteiger charge is 2.43. The molecule has 0 bridgehead atoms. The molecule has 3 heterocycles. The molecule has 2 aromatic rings. The summed E-state index contributed by atoms with van der Waals surface area (Å²) in [7, 11) is -7.79. The normalized spacial score (nSPS) is 26.3. The summed E-state index contributed by atoms with van der Waals surface area (Å²) in [5.41, 5.74) is 5.42. The van der Waals surface area contributed by atoms with Crippen LogP contribution in [-0.2, 0) is 22.9 Å². The molecule has 1 aliphatic rings. The number of hydrogen-bond donors (Lipinski definition) is 3. The van der Waals surface area contributed by atoms with Gasteiger partial charge in [-0.3, -0.25) is 13.7 Å². The number of fused-ring (bicyclic) bond motifs is 1. The van der Waals surface area contributed by atoms with Crippen molar-refractivity contribution in [2.45, 2.75) is 63.9 Å². The van der Waals surface area contributed by atoms with Gasteiger partial charge < -0.3 is 29.3 Å². The van der Waals surface area contributed by atoms with Crippen LogP contribution in [0.1, 0.15) is 40.3 Å². The monoisotopic (exact) mass is 463 g/mol. The molecule has 0 aliphatic carbocycles. The van der Waals surface area contributed by atoms with Gasteiger partial charge in [0.15, 0.2) is 11.5 Å². The van der Waals surface area contributed by atoms with Gasteiger partial charge in [0.1, 0.15) is 24.2 Å². The fourth-order valence-electron chi connectivity index (χ4n) is 2.86. The molecule has 14 heteroatoms. The summed E-state index contributed by atoms with van der Waals surface area (Å²) in [5, 5.41) is 0. The molecule has 1 saturated heterocycles. The minimum atomic E-state index is -3.93. The lowest BCUT2D eigenvalue weighted by atomic mass is 10.2. The first-order chi connectivity index (χ1) is 13.9. The number of anilines is 1. The van der Waals surface area contributed by atoms with Crippen LogP contribution in [0.5, 0.6) is 0 Å². The van der Waals surface area contributed by atoms with Crippen LogP contribution in [0.3, 0.4) is 0 Å². The molecule has 1 aliphatic heterocycles. The molecule has 2 unspecified atom stereocenters. The Labute approximate surface area is 173 Å². The van der Waals surface area contributed by atoms with E-state index in [2.05, 4.69) is 15.0 Å². The molecule has 0 spiro atoms. The molecule has 1 fully saturated rings. The molecule has 0 amide bonds. The second kappa shape index (κ2) is 8.63. The fourth-order valence-corrected chi connectivity index (χ4v) is 4.37. The predicted octanol–water partition coefficient (Wildman–Crippen LogP) is 2.29. The molecule has 12 nitrogen and oxygen atoms in total. The zero-order valence-electron chi connectivity index (χ0n) is 17.2. The average Bonchev–Trinajstić information content (AvgIpc) is 3.24. The van der Waals surface area contributed by atoms with Gasteiger partial charge in [-0.15, -0.1) is 0 Å². The summed E-state index contributed by atoms with van der Waals surface area (Å²) in [5.74, 6) is 0.210. The highest BCUT2D eigenvalue weighted by Crippen LogP contribution is 2.52. The minimum Gasteiger partial charge on any atom is -0.382 e. The summed E-state index contributed by atoms with van der Waals surface area (Å²) < 4.78 is 42.9. The second-order valence-corrected chi connectivity index (χ2v) is 12.5. The maximum absolute atomic E-state index is 12.5. The van der Waals surface area contributed by atoms with E-state index in [0.717, 1.165) is 0 Å². The Balaban J connectivity index is 1.86. The Kier molecular flexibility index (Phi) is 6.69. The first-order valence-corrected chi connectivity index (χ1v) is 12.8. The van der Waals surface area contributed by atoms with Gasteiger partial charge >= 0.3 is 15.2 Å². The Morgan fingerprint density at radius 2 is 1.87 bits per heavy atom. The third-order valence-corrected chi connectivity index (χ3v) is 8.60. The first-order valence-electron chi connectivity index (χ1n) is 9.48. The van der Waals surface area contributed by atoms with Gasteiger partial charge in [-0.05, 0) is 0 Å². The average molecular weight is 463 g/mol. The Morgan fingerprint density at radius 3 is 2.50 bits per heavy atom. The highest BCUT2D eigenvalue weighted by atomic mass is 31.2.